The normalized spacial score (nSPS) is 11.0. The summed E-state index contributed by atoms with van der Waals surface area (Å²) in [6, 6.07) is 9.53. The highest BCUT2D eigenvalue weighted by Crippen LogP contribution is 2.32. The zero-order valence-electron chi connectivity index (χ0n) is 16.0. The third kappa shape index (κ3) is 6.68. The van der Waals surface area contributed by atoms with Crippen LogP contribution in [0.4, 0.5) is 18.9 Å². The highest BCUT2D eigenvalue weighted by Gasteiger charge is 2.34. The Morgan fingerprint density at radius 1 is 1.34 bits per heavy atom. The standard InChI is InChI=1S/C20H20F3N3O2S/c1-3-4-8-28-15-7-5-6-14(10-15)25-18(27)12-29-19-16(11-24)13(2)9-17(26-19)20(21,22)23/h5-7,9-10H,3-4,8,12H2,1-2H3,(H,25,27). The van der Waals surface area contributed by atoms with Crippen molar-refractivity contribution in [3.63, 3.8) is 0 Å². The number of hydrogen-bond acceptors (Lipinski definition) is 5. The largest absolute Gasteiger partial charge is 0.494 e. The number of aryl methyl sites for hydroxylation is 1. The Hall–Kier alpha value is -2.73. The van der Waals surface area contributed by atoms with Crippen molar-refractivity contribution in [3.05, 3.63) is 47.2 Å². The fourth-order valence-electron chi connectivity index (χ4n) is 2.36. The van der Waals surface area contributed by atoms with Crippen LogP contribution in [0.5, 0.6) is 5.75 Å². The molecule has 0 aliphatic carbocycles. The number of rotatable bonds is 8. The van der Waals surface area contributed by atoms with Gasteiger partial charge in [0.25, 0.3) is 0 Å². The second-order valence-electron chi connectivity index (χ2n) is 6.18. The summed E-state index contributed by atoms with van der Waals surface area (Å²) in [6.45, 7) is 4.03. The van der Waals surface area contributed by atoms with Crippen LogP contribution in [0, 0.1) is 18.3 Å². The van der Waals surface area contributed by atoms with E-state index < -0.39 is 17.8 Å². The van der Waals surface area contributed by atoms with E-state index in [1.807, 2.05) is 6.07 Å². The van der Waals surface area contributed by atoms with Gasteiger partial charge in [-0.2, -0.15) is 18.4 Å². The SMILES string of the molecule is CCCCOc1cccc(NC(=O)CSc2nc(C(F)(F)F)cc(C)c2C#N)c1. The number of alkyl halides is 3. The first-order valence-electron chi connectivity index (χ1n) is 8.89. The first-order valence-corrected chi connectivity index (χ1v) is 9.87. The summed E-state index contributed by atoms with van der Waals surface area (Å²) >= 11 is 0.788. The molecule has 5 nitrogen and oxygen atoms in total. The van der Waals surface area contributed by atoms with Crippen molar-refractivity contribution in [1.82, 2.24) is 4.98 Å². The fraction of sp³-hybridized carbons (Fsp3) is 0.350. The fourth-order valence-corrected chi connectivity index (χ4v) is 3.21. The minimum absolute atomic E-state index is 0.0297. The van der Waals surface area contributed by atoms with Crippen LogP contribution in [0.3, 0.4) is 0 Å². The number of carbonyl (C=O) groups excluding carboxylic acids is 1. The molecule has 0 fully saturated rings. The summed E-state index contributed by atoms with van der Waals surface area (Å²) in [6.07, 6.45) is -2.71. The third-order valence-electron chi connectivity index (χ3n) is 3.81. The summed E-state index contributed by atoms with van der Waals surface area (Å²) in [5, 5.41) is 11.8. The smallest absolute Gasteiger partial charge is 0.433 e. The maximum absolute atomic E-state index is 13.0. The van der Waals surface area contributed by atoms with Crippen LogP contribution in [0.15, 0.2) is 35.4 Å². The summed E-state index contributed by atoms with van der Waals surface area (Å²) in [5.41, 5.74) is -0.385. The van der Waals surface area contributed by atoms with Gasteiger partial charge in [-0.1, -0.05) is 31.2 Å². The summed E-state index contributed by atoms with van der Waals surface area (Å²) in [4.78, 5) is 15.7. The third-order valence-corrected chi connectivity index (χ3v) is 4.79. The van der Waals surface area contributed by atoms with Gasteiger partial charge in [0.1, 0.15) is 22.5 Å². The highest BCUT2D eigenvalue weighted by molar-refractivity contribution is 8.00. The first-order chi connectivity index (χ1) is 13.7. The van der Waals surface area contributed by atoms with Crippen LogP contribution in [0.1, 0.15) is 36.6 Å². The van der Waals surface area contributed by atoms with Crippen molar-refractivity contribution >= 4 is 23.4 Å². The average molecular weight is 423 g/mol. The lowest BCUT2D eigenvalue weighted by atomic mass is 10.1. The van der Waals surface area contributed by atoms with Crippen LogP contribution in [0.25, 0.3) is 0 Å². The Labute approximate surface area is 171 Å². The number of ether oxygens (including phenoxy) is 1. The lowest BCUT2D eigenvalue weighted by molar-refractivity contribution is -0.141. The second-order valence-corrected chi connectivity index (χ2v) is 7.14. The molecular formula is C20H20F3N3O2S. The average Bonchev–Trinajstić information content (AvgIpc) is 2.66. The molecule has 2 rings (SSSR count). The number of aromatic nitrogens is 1. The molecule has 9 heteroatoms. The molecule has 1 amide bonds. The van der Waals surface area contributed by atoms with Gasteiger partial charge >= 0.3 is 6.18 Å². The van der Waals surface area contributed by atoms with Crippen molar-refractivity contribution in [3.8, 4) is 11.8 Å². The highest BCUT2D eigenvalue weighted by atomic mass is 32.2. The van der Waals surface area contributed by atoms with E-state index >= 15 is 0 Å². The van der Waals surface area contributed by atoms with Gasteiger partial charge in [-0.15, -0.1) is 0 Å². The van der Waals surface area contributed by atoms with Crippen molar-refractivity contribution in [1.29, 1.82) is 5.26 Å². The number of carbonyl (C=O) groups is 1. The van der Waals surface area contributed by atoms with Crippen LogP contribution < -0.4 is 10.1 Å². The topological polar surface area (TPSA) is 75.0 Å². The molecule has 0 bridgehead atoms. The van der Waals surface area contributed by atoms with Gasteiger partial charge in [-0.25, -0.2) is 4.98 Å². The molecule has 0 spiro atoms. The van der Waals surface area contributed by atoms with Crippen molar-refractivity contribution in [2.45, 2.75) is 37.9 Å². The van der Waals surface area contributed by atoms with Gasteiger partial charge in [-0.05, 0) is 37.1 Å². The molecule has 154 valence electrons. The van der Waals surface area contributed by atoms with Crippen LogP contribution in [-0.2, 0) is 11.0 Å². The number of nitrogens with zero attached hydrogens (tertiary/aromatic N) is 2. The number of pyridine rings is 1. The van der Waals surface area contributed by atoms with E-state index in [9.17, 15) is 23.2 Å². The zero-order valence-corrected chi connectivity index (χ0v) is 16.8. The number of amides is 1. The quantitative estimate of drug-likeness (QED) is 0.467. The molecule has 1 aromatic heterocycles. The van der Waals surface area contributed by atoms with Crippen molar-refractivity contribution < 1.29 is 22.7 Å². The van der Waals surface area contributed by atoms with Crippen LogP contribution in [-0.4, -0.2) is 23.3 Å². The van der Waals surface area contributed by atoms with Crippen molar-refractivity contribution in [2.24, 2.45) is 0 Å². The lowest BCUT2D eigenvalue weighted by Gasteiger charge is -2.12. The Balaban J connectivity index is 2.05. The van der Waals surface area contributed by atoms with Crippen LogP contribution >= 0.6 is 11.8 Å². The number of nitriles is 1. The lowest BCUT2D eigenvalue weighted by Crippen LogP contribution is -2.15. The molecule has 1 aromatic carbocycles. The number of hydrogen-bond donors (Lipinski definition) is 1. The van der Waals surface area contributed by atoms with Gasteiger partial charge in [0.15, 0.2) is 0 Å². The maximum atomic E-state index is 13.0. The molecule has 1 heterocycles. The van der Waals surface area contributed by atoms with E-state index in [0.29, 0.717) is 18.0 Å². The molecule has 1 N–H and O–H groups in total. The molecule has 29 heavy (non-hydrogen) atoms. The molecule has 0 saturated carbocycles. The van der Waals surface area contributed by atoms with E-state index in [1.54, 1.807) is 24.3 Å². The van der Waals surface area contributed by atoms with Gasteiger partial charge in [0.05, 0.1) is 17.9 Å². The van der Waals surface area contributed by atoms with Crippen molar-refractivity contribution in [2.75, 3.05) is 17.7 Å². The Bertz CT molecular complexity index is 911. The summed E-state index contributed by atoms with van der Waals surface area (Å²) < 4.78 is 44.5. The number of halogens is 3. The van der Waals surface area contributed by atoms with Gasteiger partial charge < -0.3 is 10.1 Å². The first kappa shape index (κ1) is 22.6. The minimum Gasteiger partial charge on any atom is -0.494 e. The zero-order chi connectivity index (χ0) is 21.4. The van der Waals surface area contributed by atoms with E-state index in [1.165, 1.54) is 6.92 Å². The predicted molar refractivity (Wildman–Crippen MR) is 105 cm³/mol. The molecule has 0 unspecified atom stereocenters. The monoisotopic (exact) mass is 423 g/mol. The van der Waals surface area contributed by atoms with Gasteiger partial charge in [-0.3, -0.25) is 4.79 Å². The number of nitrogens with one attached hydrogen (secondary N) is 1. The van der Waals surface area contributed by atoms with E-state index in [-0.39, 0.29) is 21.9 Å². The van der Waals surface area contributed by atoms with E-state index in [0.717, 1.165) is 30.7 Å². The van der Waals surface area contributed by atoms with E-state index in [2.05, 4.69) is 17.2 Å². The number of anilines is 1. The molecule has 0 saturated heterocycles. The minimum atomic E-state index is -4.63. The van der Waals surface area contributed by atoms with Gasteiger partial charge in [0.2, 0.25) is 5.91 Å². The predicted octanol–water partition coefficient (Wildman–Crippen LogP) is 5.19. The Morgan fingerprint density at radius 2 is 2.10 bits per heavy atom. The molecule has 0 aliphatic heterocycles. The molecule has 2 aromatic rings. The van der Waals surface area contributed by atoms with E-state index in [4.69, 9.17) is 4.74 Å². The number of unbranched alkanes of at least 4 members (excludes halogenated alkanes) is 1. The summed E-state index contributed by atoms with van der Waals surface area (Å²) in [7, 11) is 0. The molecule has 0 radical (unpaired) electrons. The van der Waals surface area contributed by atoms with Gasteiger partial charge in [0, 0.05) is 11.8 Å². The molecule has 0 aliphatic rings. The summed E-state index contributed by atoms with van der Waals surface area (Å²) in [5.74, 6) is -0.00380. The molecule has 0 atom stereocenters. The molecular weight excluding hydrogens is 403 g/mol. The Morgan fingerprint density at radius 3 is 2.76 bits per heavy atom. The number of thioether (sulfide) groups is 1. The number of benzene rings is 1. The maximum Gasteiger partial charge on any atom is 0.433 e. The van der Waals surface area contributed by atoms with Crippen LogP contribution in [0.2, 0.25) is 0 Å². The Kier molecular flexibility index (Phi) is 7.91. The second kappa shape index (κ2) is 10.2.